The van der Waals surface area contributed by atoms with Gasteiger partial charge in [0.1, 0.15) is 0 Å². The van der Waals surface area contributed by atoms with Crippen molar-refractivity contribution in [2.75, 3.05) is 5.32 Å². The Morgan fingerprint density at radius 1 is 0.762 bits per heavy atom. The lowest BCUT2D eigenvalue weighted by Gasteiger charge is -2.24. The summed E-state index contributed by atoms with van der Waals surface area (Å²) < 4.78 is 5.97. The summed E-state index contributed by atoms with van der Waals surface area (Å²) >= 11 is 5.97. The Morgan fingerprint density at radius 2 is 1.52 bits per heavy atom. The summed E-state index contributed by atoms with van der Waals surface area (Å²) in [6.45, 7) is 0. The Balaban J connectivity index is 1.84. The van der Waals surface area contributed by atoms with E-state index in [-0.39, 0.29) is 0 Å². The summed E-state index contributed by atoms with van der Waals surface area (Å²) in [5.41, 5.74) is 4.16. The van der Waals surface area contributed by atoms with Crippen LogP contribution in [0.5, 0.6) is 11.5 Å². The zero-order valence-corrected chi connectivity index (χ0v) is 11.9. The average molecular weight is 294 g/mol. The second-order valence-electron chi connectivity index (χ2n) is 4.91. The predicted octanol–water partition coefficient (Wildman–Crippen LogP) is 5.86. The Labute approximate surface area is 128 Å². The molecule has 0 saturated carbocycles. The van der Waals surface area contributed by atoms with E-state index in [0.29, 0.717) is 0 Å². The molecule has 0 fully saturated rings. The highest BCUT2D eigenvalue weighted by atomic mass is 35.5. The lowest BCUT2D eigenvalue weighted by molar-refractivity contribution is 0.481. The number of hydrogen-bond donors (Lipinski definition) is 1. The molecule has 1 aliphatic rings. The number of nitrogens with one attached hydrogen (secondary N) is 1. The van der Waals surface area contributed by atoms with E-state index in [4.69, 9.17) is 16.3 Å². The predicted molar refractivity (Wildman–Crippen MR) is 86.7 cm³/mol. The van der Waals surface area contributed by atoms with Gasteiger partial charge in [-0.15, -0.1) is 0 Å². The van der Waals surface area contributed by atoms with Gasteiger partial charge in [-0.3, -0.25) is 0 Å². The van der Waals surface area contributed by atoms with E-state index >= 15 is 0 Å². The number of ether oxygens (including phenoxy) is 1. The van der Waals surface area contributed by atoms with Crippen molar-refractivity contribution in [3.8, 4) is 22.6 Å². The molecular formula is C18H12ClNO. The van der Waals surface area contributed by atoms with Crippen molar-refractivity contribution in [3.63, 3.8) is 0 Å². The van der Waals surface area contributed by atoms with E-state index in [1.807, 2.05) is 60.7 Å². The van der Waals surface area contributed by atoms with Crippen molar-refractivity contribution in [2.24, 2.45) is 0 Å². The number of rotatable bonds is 1. The minimum absolute atomic E-state index is 0.734. The summed E-state index contributed by atoms with van der Waals surface area (Å²) in [5, 5.41) is 4.20. The number of benzene rings is 3. The van der Waals surface area contributed by atoms with Crippen LogP contribution in [0.25, 0.3) is 11.1 Å². The van der Waals surface area contributed by atoms with Crippen LogP contribution in [0.1, 0.15) is 0 Å². The van der Waals surface area contributed by atoms with Gasteiger partial charge in [-0.1, -0.05) is 48.0 Å². The first-order valence-corrected chi connectivity index (χ1v) is 7.12. The topological polar surface area (TPSA) is 21.3 Å². The van der Waals surface area contributed by atoms with Crippen LogP contribution in [0.2, 0.25) is 5.02 Å². The van der Waals surface area contributed by atoms with Gasteiger partial charge in [0.2, 0.25) is 0 Å². The summed E-state index contributed by atoms with van der Waals surface area (Å²) in [5.74, 6) is 1.68. The standard InChI is InChI=1S/C18H12ClNO/c19-13-10-8-12(9-11-13)14-4-3-7-17-18(14)20-15-5-1-2-6-16(15)21-17/h1-11,20H. The van der Waals surface area contributed by atoms with Gasteiger partial charge in [0.15, 0.2) is 11.5 Å². The number of anilines is 2. The third-order valence-electron chi connectivity index (χ3n) is 3.55. The molecule has 0 atom stereocenters. The Kier molecular flexibility index (Phi) is 2.83. The van der Waals surface area contributed by atoms with E-state index < -0.39 is 0 Å². The minimum Gasteiger partial charge on any atom is -0.453 e. The highest BCUT2D eigenvalue weighted by molar-refractivity contribution is 6.30. The molecule has 1 aliphatic heterocycles. The normalized spacial score (nSPS) is 11.9. The fourth-order valence-corrected chi connectivity index (χ4v) is 2.65. The van der Waals surface area contributed by atoms with Crippen LogP contribution >= 0.6 is 11.6 Å². The number of halogens is 1. The van der Waals surface area contributed by atoms with Crippen molar-refractivity contribution in [2.45, 2.75) is 0 Å². The molecule has 0 spiro atoms. The van der Waals surface area contributed by atoms with Crippen LogP contribution in [0.4, 0.5) is 11.4 Å². The van der Waals surface area contributed by atoms with E-state index in [1.165, 1.54) is 0 Å². The van der Waals surface area contributed by atoms with Gasteiger partial charge in [0, 0.05) is 10.6 Å². The monoisotopic (exact) mass is 293 g/mol. The van der Waals surface area contributed by atoms with Crippen LogP contribution in [0.15, 0.2) is 66.7 Å². The molecule has 0 unspecified atom stereocenters. The van der Waals surface area contributed by atoms with Crippen LogP contribution in [-0.2, 0) is 0 Å². The maximum atomic E-state index is 5.97. The Bertz CT molecular complexity index is 812. The van der Waals surface area contributed by atoms with Crippen molar-refractivity contribution < 1.29 is 4.74 Å². The van der Waals surface area contributed by atoms with Crippen molar-refractivity contribution in [1.29, 1.82) is 0 Å². The molecule has 1 N–H and O–H groups in total. The largest absolute Gasteiger partial charge is 0.453 e. The van der Waals surface area contributed by atoms with Gasteiger partial charge in [-0.2, -0.15) is 0 Å². The third-order valence-corrected chi connectivity index (χ3v) is 3.80. The summed E-state index contributed by atoms with van der Waals surface area (Å²) in [7, 11) is 0. The van der Waals surface area contributed by atoms with E-state index in [0.717, 1.165) is 39.0 Å². The maximum Gasteiger partial charge on any atom is 0.151 e. The molecule has 0 aromatic heterocycles. The van der Waals surface area contributed by atoms with Crippen LogP contribution in [0, 0.1) is 0 Å². The van der Waals surface area contributed by atoms with Crippen LogP contribution in [-0.4, -0.2) is 0 Å². The van der Waals surface area contributed by atoms with Crippen molar-refractivity contribution >= 4 is 23.0 Å². The van der Waals surface area contributed by atoms with Gasteiger partial charge in [-0.25, -0.2) is 0 Å². The number of para-hydroxylation sites is 3. The molecule has 0 saturated heterocycles. The molecule has 3 aromatic rings. The van der Waals surface area contributed by atoms with E-state index in [1.54, 1.807) is 0 Å². The molecule has 1 heterocycles. The molecule has 4 rings (SSSR count). The highest BCUT2D eigenvalue weighted by Gasteiger charge is 2.19. The second kappa shape index (κ2) is 4.83. The molecule has 3 aromatic carbocycles. The summed E-state index contributed by atoms with van der Waals surface area (Å²) in [6, 6.07) is 21.8. The van der Waals surface area contributed by atoms with E-state index in [9.17, 15) is 0 Å². The highest BCUT2D eigenvalue weighted by Crippen LogP contribution is 2.46. The first-order chi connectivity index (χ1) is 10.3. The molecule has 2 nitrogen and oxygen atoms in total. The molecule has 0 amide bonds. The summed E-state index contributed by atoms with van der Waals surface area (Å²) in [6.07, 6.45) is 0. The lowest BCUT2D eigenvalue weighted by atomic mass is 10.0. The van der Waals surface area contributed by atoms with Crippen LogP contribution < -0.4 is 10.1 Å². The molecule has 0 radical (unpaired) electrons. The summed E-state index contributed by atoms with van der Waals surface area (Å²) in [4.78, 5) is 0. The second-order valence-corrected chi connectivity index (χ2v) is 5.35. The molecule has 3 heteroatoms. The van der Waals surface area contributed by atoms with Gasteiger partial charge in [0.05, 0.1) is 11.4 Å². The third kappa shape index (κ3) is 2.14. The molecule has 0 aliphatic carbocycles. The minimum atomic E-state index is 0.734. The number of hydrogen-bond acceptors (Lipinski definition) is 2. The quantitative estimate of drug-likeness (QED) is 0.475. The fraction of sp³-hybridized carbons (Fsp3) is 0. The first-order valence-electron chi connectivity index (χ1n) is 6.74. The zero-order valence-electron chi connectivity index (χ0n) is 11.1. The Hall–Kier alpha value is -2.45. The Morgan fingerprint density at radius 3 is 2.38 bits per heavy atom. The zero-order chi connectivity index (χ0) is 14.2. The number of fused-ring (bicyclic) bond motifs is 2. The molecule has 102 valence electrons. The van der Waals surface area contributed by atoms with Crippen molar-refractivity contribution in [3.05, 3.63) is 71.8 Å². The van der Waals surface area contributed by atoms with E-state index in [2.05, 4.69) is 11.4 Å². The molecule has 0 bridgehead atoms. The van der Waals surface area contributed by atoms with Gasteiger partial charge < -0.3 is 10.1 Å². The van der Waals surface area contributed by atoms with Crippen molar-refractivity contribution in [1.82, 2.24) is 0 Å². The first kappa shape index (κ1) is 12.3. The van der Waals surface area contributed by atoms with Crippen LogP contribution in [0.3, 0.4) is 0 Å². The van der Waals surface area contributed by atoms with Gasteiger partial charge >= 0.3 is 0 Å². The lowest BCUT2D eigenvalue weighted by Crippen LogP contribution is -2.03. The maximum absolute atomic E-state index is 5.97. The SMILES string of the molecule is Clc1ccc(-c2cccc3c2Nc2ccccc2O3)cc1. The molecule has 21 heavy (non-hydrogen) atoms. The molecular weight excluding hydrogens is 282 g/mol. The average Bonchev–Trinajstić information content (AvgIpc) is 2.53. The van der Waals surface area contributed by atoms with Gasteiger partial charge in [-0.05, 0) is 35.9 Å². The smallest absolute Gasteiger partial charge is 0.151 e. The fourth-order valence-electron chi connectivity index (χ4n) is 2.53. The van der Waals surface area contributed by atoms with Gasteiger partial charge in [0.25, 0.3) is 0 Å².